The number of hydrogen-bond acceptors (Lipinski definition) is 10. The monoisotopic (exact) mass is 641 g/mol. The number of ketones is 2. The number of aromatic nitrogens is 2. The van der Waals surface area contributed by atoms with Crippen LogP contribution in [0.25, 0.3) is 0 Å². The predicted molar refractivity (Wildman–Crippen MR) is 158 cm³/mol. The zero-order valence-electron chi connectivity index (χ0n) is 24.1. The minimum absolute atomic E-state index is 0.0170. The lowest BCUT2D eigenvalue weighted by molar-refractivity contribution is -0.130. The molecule has 44 heavy (non-hydrogen) atoms. The Bertz CT molecular complexity index is 2010. The third kappa shape index (κ3) is 3.46. The molecule has 228 valence electrons. The second-order valence-corrected chi connectivity index (χ2v) is 11.8. The van der Waals surface area contributed by atoms with E-state index in [9.17, 15) is 19.2 Å². The van der Waals surface area contributed by atoms with Crippen molar-refractivity contribution in [1.82, 2.24) is 9.13 Å². The lowest BCUT2D eigenvalue weighted by Crippen LogP contribution is -2.58. The van der Waals surface area contributed by atoms with Crippen LogP contribution in [0.1, 0.15) is 40.7 Å². The molecule has 0 fully saturated rings. The first-order valence-corrected chi connectivity index (χ1v) is 14.3. The third-order valence-corrected chi connectivity index (χ3v) is 9.50. The molecule has 3 unspecified atom stereocenters. The van der Waals surface area contributed by atoms with E-state index in [1.807, 2.05) is 0 Å². The van der Waals surface area contributed by atoms with Gasteiger partial charge in [0.25, 0.3) is 5.56 Å². The maximum atomic E-state index is 15.0. The summed E-state index contributed by atoms with van der Waals surface area (Å²) < 4.78 is 30.6. The Morgan fingerprint density at radius 2 is 1.68 bits per heavy atom. The van der Waals surface area contributed by atoms with Gasteiger partial charge in [-0.05, 0) is 24.1 Å². The van der Waals surface area contributed by atoms with Crippen molar-refractivity contribution >= 4 is 40.6 Å². The topological polar surface area (TPSA) is 136 Å². The molecule has 2 aromatic carbocycles. The molecule has 3 aromatic rings. The largest absolute Gasteiger partial charge is 0.496 e. The Labute approximate surface area is 259 Å². The van der Waals surface area contributed by atoms with E-state index in [2.05, 4.69) is 5.32 Å². The van der Waals surface area contributed by atoms with Gasteiger partial charge in [0, 0.05) is 43.3 Å². The van der Waals surface area contributed by atoms with Gasteiger partial charge in [0.2, 0.25) is 24.0 Å². The maximum Gasteiger partial charge on any atom is 0.332 e. The van der Waals surface area contributed by atoms with E-state index < -0.39 is 40.3 Å². The molecule has 1 spiro atoms. The van der Waals surface area contributed by atoms with Crippen LogP contribution in [0.3, 0.4) is 0 Å². The fourth-order valence-corrected chi connectivity index (χ4v) is 7.21. The highest BCUT2D eigenvalue weighted by Crippen LogP contribution is 2.57. The second kappa shape index (κ2) is 9.54. The van der Waals surface area contributed by atoms with Crippen LogP contribution in [-0.4, -0.2) is 47.3 Å². The smallest absolute Gasteiger partial charge is 0.332 e. The molecular formula is C30H25Cl2N3O9. The van der Waals surface area contributed by atoms with Gasteiger partial charge in [0.15, 0.2) is 17.2 Å². The van der Waals surface area contributed by atoms with Gasteiger partial charge in [-0.25, -0.2) is 4.79 Å². The molecule has 7 rings (SSSR count). The molecule has 3 aliphatic heterocycles. The van der Waals surface area contributed by atoms with E-state index in [0.717, 1.165) is 4.57 Å². The molecule has 1 aromatic heterocycles. The molecule has 12 nitrogen and oxygen atoms in total. The maximum absolute atomic E-state index is 15.0. The molecule has 1 N–H and O–H groups in total. The molecule has 0 bridgehead atoms. The van der Waals surface area contributed by atoms with Crippen LogP contribution in [0.15, 0.2) is 39.1 Å². The Hall–Kier alpha value is -4.42. The molecule has 1 aliphatic carbocycles. The average molecular weight is 642 g/mol. The number of nitrogens with zero attached hydrogens (tertiary/aromatic N) is 2. The van der Waals surface area contributed by atoms with Crippen molar-refractivity contribution in [3.8, 4) is 28.7 Å². The van der Waals surface area contributed by atoms with Gasteiger partial charge in [0.1, 0.15) is 27.9 Å². The van der Waals surface area contributed by atoms with Gasteiger partial charge < -0.3 is 29.0 Å². The van der Waals surface area contributed by atoms with E-state index in [1.165, 1.54) is 38.9 Å². The first-order valence-electron chi connectivity index (χ1n) is 13.6. The molecule has 0 saturated carbocycles. The highest BCUT2D eigenvalue weighted by Gasteiger charge is 2.64. The number of carbonyl (C=O) groups excluding carboxylic acids is 2. The molecular weight excluding hydrogens is 617 g/mol. The van der Waals surface area contributed by atoms with E-state index in [-0.39, 0.29) is 63.0 Å². The number of Topliss-reactive ketones (excluding diaryl/α,β-unsaturated/α-hetero) is 2. The molecule has 3 atom stereocenters. The van der Waals surface area contributed by atoms with E-state index in [4.69, 9.17) is 46.9 Å². The SMILES string of the molecule is COc1cc(OC)c2c(c1Cl)OC1(C(=O)C3=C(CC1C)Nc1c(c(=O)n(C)c(=O)n1C)C3c1cc(Cl)c3c(c1)OCO3)C2=O. The Balaban J connectivity index is 1.49. The van der Waals surface area contributed by atoms with Gasteiger partial charge in [-0.2, -0.15) is 0 Å². The van der Waals surface area contributed by atoms with Crippen LogP contribution < -0.4 is 40.3 Å². The number of ether oxygens (including phenoxy) is 5. The first-order chi connectivity index (χ1) is 21.0. The number of hydrogen-bond donors (Lipinski definition) is 1. The zero-order chi connectivity index (χ0) is 31.4. The summed E-state index contributed by atoms with van der Waals surface area (Å²) >= 11 is 13.2. The van der Waals surface area contributed by atoms with Gasteiger partial charge in [-0.15, -0.1) is 0 Å². The van der Waals surface area contributed by atoms with E-state index in [1.54, 1.807) is 19.1 Å². The summed E-state index contributed by atoms with van der Waals surface area (Å²) in [4.78, 5) is 56.1. The van der Waals surface area contributed by atoms with Crippen molar-refractivity contribution in [2.45, 2.75) is 24.9 Å². The highest BCUT2D eigenvalue weighted by atomic mass is 35.5. The predicted octanol–water partition coefficient (Wildman–Crippen LogP) is 3.57. The fraction of sp³-hybridized carbons (Fsp3) is 0.333. The number of fused-ring (bicyclic) bond motifs is 3. The summed E-state index contributed by atoms with van der Waals surface area (Å²) in [6.07, 6.45) is 0.148. The van der Waals surface area contributed by atoms with Crippen LogP contribution >= 0.6 is 23.2 Å². The Morgan fingerprint density at radius 3 is 2.39 bits per heavy atom. The second-order valence-electron chi connectivity index (χ2n) is 11.1. The number of anilines is 1. The number of benzene rings is 2. The minimum Gasteiger partial charge on any atom is -0.496 e. The zero-order valence-corrected chi connectivity index (χ0v) is 25.6. The van der Waals surface area contributed by atoms with Crippen molar-refractivity contribution in [3.63, 3.8) is 0 Å². The summed E-state index contributed by atoms with van der Waals surface area (Å²) in [6.45, 7) is 1.66. The Morgan fingerprint density at radius 1 is 0.955 bits per heavy atom. The summed E-state index contributed by atoms with van der Waals surface area (Å²) in [6, 6.07) is 4.68. The van der Waals surface area contributed by atoms with Gasteiger partial charge in [-0.1, -0.05) is 30.1 Å². The molecule has 0 radical (unpaired) electrons. The minimum atomic E-state index is -2.03. The number of allylic oxidation sites excluding steroid dienone is 1. The van der Waals surface area contributed by atoms with Gasteiger partial charge in [0.05, 0.1) is 24.8 Å². The van der Waals surface area contributed by atoms with Crippen LogP contribution in [0.4, 0.5) is 5.82 Å². The van der Waals surface area contributed by atoms with Gasteiger partial charge in [-0.3, -0.25) is 23.5 Å². The van der Waals surface area contributed by atoms with E-state index >= 15 is 0 Å². The van der Waals surface area contributed by atoms with Crippen LogP contribution in [0.5, 0.6) is 28.7 Å². The standard InChI is InChI=1S/C30H25Cl2N3O9/c1-11-6-14-19(25(36)30(11)26(37)20-15(40-4)9-16(41-5)22(32)24(20)44-30)18(12-7-13(31)23-17(8-12)42-10-43-23)21-27(33-14)34(2)29(39)35(3)28(21)38/h7-9,11,18,33H,6,10H2,1-5H3. The lowest BCUT2D eigenvalue weighted by Gasteiger charge is -2.42. The van der Waals surface area contributed by atoms with Crippen LogP contribution in [0.2, 0.25) is 10.0 Å². The number of rotatable bonds is 3. The van der Waals surface area contributed by atoms with Crippen LogP contribution in [-0.2, 0) is 18.9 Å². The van der Waals surface area contributed by atoms with E-state index in [0.29, 0.717) is 22.8 Å². The number of carbonyl (C=O) groups is 2. The first kappa shape index (κ1) is 28.4. The van der Waals surface area contributed by atoms with Crippen LogP contribution in [0, 0.1) is 5.92 Å². The van der Waals surface area contributed by atoms with Gasteiger partial charge >= 0.3 is 5.69 Å². The molecule has 4 heterocycles. The van der Waals surface area contributed by atoms with Crippen molar-refractivity contribution in [1.29, 1.82) is 0 Å². The quantitative estimate of drug-likeness (QED) is 0.423. The third-order valence-electron chi connectivity index (χ3n) is 8.86. The van der Waals surface area contributed by atoms with Crippen molar-refractivity contribution in [2.75, 3.05) is 26.3 Å². The average Bonchev–Trinajstić information content (AvgIpc) is 3.61. The number of halogens is 2. The summed E-state index contributed by atoms with van der Waals surface area (Å²) in [5.41, 5.74) is -2.11. The summed E-state index contributed by atoms with van der Waals surface area (Å²) in [5.74, 6) is -1.88. The highest BCUT2D eigenvalue weighted by molar-refractivity contribution is 6.36. The molecule has 4 aliphatic rings. The summed E-state index contributed by atoms with van der Waals surface area (Å²) in [7, 11) is 5.67. The lowest BCUT2D eigenvalue weighted by atomic mass is 9.66. The Kier molecular flexibility index (Phi) is 6.15. The molecule has 0 saturated heterocycles. The number of nitrogens with one attached hydrogen (secondary N) is 1. The van der Waals surface area contributed by atoms with Crippen molar-refractivity contribution in [2.24, 2.45) is 20.0 Å². The fourth-order valence-electron chi connectivity index (χ4n) is 6.68. The van der Waals surface area contributed by atoms with Crippen molar-refractivity contribution in [3.05, 3.63) is 77.0 Å². The van der Waals surface area contributed by atoms with Crippen molar-refractivity contribution < 1.29 is 33.3 Å². The summed E-state index contributed by atoms with van der Waals surface area (Å²) in [5, 5.41) is 3.40. The molecule has 0 amide bonds. The normalized spacial score (nSPS) is 22.8. The number of methoxy groups -OCH3 is 2. The molecule has 14 heteroatoms.